The predicted molar refractivity (Wildman–Crippen MR) is 216 cm³/mol. The summed E-state index contributed by atoms with van der Waals surface area (Å²) < 4.78 is 5.36. The highest BCUT2D eigenvalue weighted by atomic mass is 16.6. The Morgan fingerprint density at radius 3 is 2.21 bits per heavy atom. The number of benzene rings is 3. The van der Waals surface area contributed by atoms with E-state index in [2.05, 4.69) is 60.6 Å². The van der Waals surface area contributed by atoms with Crippen LogP contribution in [0, 0.1) is 11.8 Å². The molecule has 1 aliphatic rings. The first-order valence-corrected chi connectivity index (χ1v) is 19.5. The SMILES string of the molecule is CCN(CC)CCNC(=O)c1cccc(-c2ccc(CC(NC(=O)C3CCC(CNC(=O)OC(C)(C)C)CC3)C(=O)Nc3ccc(-c4nn[nH]n4)cc3)cc2)c1. The number of hydrogen-bond acceptors (Lipinski definition) is 9. The van der Waals surface area contributed by atoms with Gasteiger partial charge in [-0.15, -0.1) is 10.2 Å². The Kier molecular flexibility index (Phi) is 14.7. The summed E-state index contributed by atoms with van der Waals surface area (Å²) in [4.78, 5) is 54.8. The molecule has 1 saturated carbocycles. The predicted octanol–water partition coefficient (Wildman–Crippen LogP) is 5.60. The van der Waals surface area contributed by atoms with E-state index in [9.17, 15) is 19.2 Å². The van der Waals surface area contributed by atoms with Crippen molar-refractivity contribution in [2.45, 2.75) is 78.4 Å². The van der Waals surface area contributed by atoms with Crippen LogP contribution in [-0.4, -0.2) is 93.7 Å². The van der Waals surface area contributed by atoms with E-state index in [0.29, 0.717) is 43.0 Å². The maximum absolute atomic E-state index is 13.8. The van der Waals surface area contributed by atoms with Crippen LogP contribution in [0.15, 0.2) is 72.8 Å². The molecule has 1 unspecified atom stereocenters. The average Bonchev–Trinajstić information content (AvgIpc) is 3.74. The van der Waals surface area contributed by atoms with Crippen molar-refractivity contribution in [3.63, 3.8) is 0 Å². The van der Waals surface area contributed by atoms with Gasteiger partial charge in [0, 0.05) is 48.8 Å². The molecule has 298 valence electrons. The molecule has 1 aromatic heterocycles. The summed E-state index contributed by atoms with van der Waals surface area (Å²) >= 11 is 0. The van der Waals surface area contributed by atoms with Crippen molar-refractivity contribution in [1.29, 1.82) is 0 Å². The van der Waals surface area contributed by atoms with Crippen molar-refractivity contribution < 1.29 is 23.9 Å². The third-order valence-electron chi connectivity index (χ3n) is 10.0. The van der Waals surface area contributed by atoms with Crippen LogP contribution >= 0.6 is 0 Å². The first-order valence-electron chi connectivity index (χ1n) is 19.5. The summed E-state index contributed by atoms with van der Waals surface area (Å²) in [6.07, 6.45) is 2.68. The molecule has 1 aliphatic carbocycles. The fourth-order valence-electron chi connectivity index (χ4n) is 6.76. The smallest absolute Gasteiger partial charge is 0.407 e. The van der Waals surface area contributed by atoms with Gasteiger partial charge in [0.1, 0.15) is 11.6 Å². The Hall–Kier alpha value is -5.63. The number of anilines is 1. The molecule has 5 N–H and O–H groups in total. The number of carbonyl (C=O) groups is 4. The fourth-order valence-corrected chi connectivity index (χ4v) is 6.76. The van der Waals surface area contributed by atoms with Crippen LogP contribution in [0.5, 0.6) is 0 Å². The summed E-state index contributed by atoms with van der Waals surface area (Å²) in [5, 5.41) is 25.9. The molecule has 4 amide bonds. The van der Waals surface area contributed by atoms with Crippen LogP contribution in [0.3, 0.4) is 0 Å². The number of likely N-dealkylation sites (N-methyl/N-ethyl adjacent to an activating group) is 1. The number of carbonyl (C=O) groups excluding carboxylic acids is 4. The Morgan fingerprint density at radius 2 is 1.57 bits per heavy atom. The zero-order valence-corrected chi connectivity index (χ0v) is 33.1. The van der Waals surface area contributed by atoms with E-state index in [0.717, 1.165) is 54.7 Å². The van der Waals surface area contributed by atoms with E-state index >= 15 is 0 Å². The number of nitrogens with one attached hydrogen (secondary N) is 5. The Balaban J connectivity index is 1.23. The van der Waals surface area contributed by atoms with Gasteiger partial charge < -0.3 is 30.9 Å². The quantitative estimate of drug-likeness (QED) is 0.0969. The fraction of sp³-hybridized carbons (Fsp3) is 0.452. The Bertz CT molecular complexity index is 1880. The zero-order chi connectivity index (χ0) is 40.1. The number of rotatable bonds is 16. The third kappa shape index (κ3) is 12.4. The largest absolute Gasteiger partial charge is 0.444 e. The van der Waals surface area contributed by atoms with Gasteiger partial charge in [-0.3, -0.25) is 14.4 Å². The standard InChI is InChI=1S/C42H55N9O5/c1-6-51(7-2)24-23-43-38(52)34-10-8-9-33(26-34)30-15-11-28(12-16-30)25-36(40(54)45-35-21-19-31(20-22-35)37-47-49-50-48-37)46-39(53)32-17-13-29(14-18-32)27-44-41(55)56-42(3,4)5/h8-12,15-16,19-22,26,29,32,36H,6-7,13-14,17-18,23-25,27H2,1-5H3,(H,43,52)(H,44,55)(H,45,54)(H,46,53)(H,47,48,49,50). The van der Waals surface area contributed by atoms with E-state index in [-0.39, 0.29) is 36.0 Å². The maximum Gasteiger partial charge on any atom is 0.407 e. The maximum atomic E-state index is 13.8. The molecule has 56 heavy (non-hydrogen) atoms. The summed E-state index contributed by atoms with van der Waals surface area (Å²) in [6, 6.07) is 21.6. The lowest BCUT2D eigenvalue weighted by Gasteiger charge is -2.29. The summed E-state index contributed by atoms with van der Waals surface area (Å²) in [6.45, 7) is 13.4. The van der Waals surface area contributed by atoms with Gasteiger partial charge in [0.15, 0.2) is 0 Å². The minimum Gasteiger partial charge on any atom is -0.444 e. The van der Waals surface area contributed by atoms with E-state index < -0.39 is 17.7 Å². The van der Waals surface area contributed by atoms with Crippen LogP contribution in [0.2, 0.25) is 0 Å². The van der Waals surface area contributed by atoms with Gasteiger partial charge in [-0.2, -0.15) is 5.21 Å². The molecule has 1 heterocycles. The molecule has 0 spiro atoms. The van der Waals surface area contributed by atoms with Crippen LogP contribution in [-0.2, 0) is 20.7 Å². The number of ether oxygens (including phenoxy) is 1. The van der Waals surface area contributed by atoms with Crippen molar-refractivity contribution in [2.24, 2.45) is 11.8 Å². The number of H-pyrrole nitrogens is 1. The molecule has 1 fully saturated rings. The molecule has 0 aliphatic heterocycles. The molecule has 0 bridgehead atoms. The molecular formula is C42H55N9O5. The van der Waals surface area contributed by atoms with E-state index in [1.54, 1.807) is 24.3 Å². The van der Waals surface area contributed by atoms with Gasteiger partial charge in [-0.1, -0.05) is 50.2 Å². The molecule has 5 rings (SSSR count). The van der Waals surface area contributed by atoms with Gasteiger partial charge in [0.2, 0.25) is 17.6 Å². The number of amides is 4. The van der Waals surface area contributed by atoms with Crippen molar-refractivity contribution in [1.82, 2.24) is 41.5 Å². The lowest BCUT2D eigenvalue weighted by Crippen LogP contribution is -2.48. The van der Waals surface area contributed by atoms with Crippen LogP contribution < -0.4 is 21.3 Å². The molecule has 0 saturated heterocycles. The number of tetrazole rings is 1. The van der Waals surface area contributed by atoms with Crippen molar-refractivity contribution in [3.05, 3.63) is 83.9 Å². The molecule has 14 nitrogen and oxygen atoms in total. The first-order chi connectivity index (χ1) is 26.9. The molecule has 3 aromatic carbocycles. The van der Waals surface area contributed by atoms with E-state index in [1.807, 2.05) is 69.3 Å². The lowest BCUT2D eigenvalue weighted by molar-refractivity contribution is -0.130. The van der Waals surface area contributed by atoms with Crippen LogP contribution in [0.4, 0.5) is 10.5 Å². The Morgan fingerprint density at radius 1 is 0.875 bits per heavy atom. The van der Waals surface area contributed by atoms with Crippen LogP contribution in [0.1, 0.15) is 76.2 Å². The van der Waals surface area contributed by atoms with Gasteiger partial charge in [-0.05, 0) is 124 Å². The second kappa shape index (κ2) is 19.8. The van der Waals surface area contributed by atoms with Crippen molar-refractivity contribution >= 4 is 29.5 Å². The van der Waals surface area contributed by atoms with E-state index in [1.165, 1.54) is 0 Å². The Labute approximate surface area is 328 Å². The number of hydrogen-bond donors (Lipinski definition) is 5. The number of aromatic amines is 1. The summed E-state index contributed by atoms with van der Waals surface area (Å²) in [7, 11) is 0. The van der Waals surface area contributed by atoms with Gasteiger partial charge >= 0.3 is 6.09 Å². The molecule has 1 atom stereocenters. The van der Waals surface area contributed by atoms with Gasteiger partial charge in [0.25, 0.3) is 5.91 Å². The minimum atomic E-state index is -0.847. The molecule has 0 radical (unpaired) electrons. The van der Waals surface area contributed by atoms with Crippen molar-refractivity contribution in [3.8, 4) is 22.5 Å². The average molecular weight is 766 g/mol. The monoisotopic (exact) mass is 765 g/mol. The highest BCUT2D eigenvalue weighted by Gasteiger charge is 2.30. The highest BCUT2D eigenvalue weighted by molar-refractivity contribution is 5.98. The van der Waals surface area contributed by atoms with Gasteiger partial charge in [-0.25, -0.2) is 4.79 Å². The first kappa shape index (κ1) is 41.5. The van der Waals surface area contributed by atoms with Gasteiger partial charge in [0.05, 0.1) is 0 Å². The lowest BCUT2D eigenvalue weighted by atomic mass is 9.81. The zero-order valence-electron chi connectivity index (χ0n) is 33.1. The normalized spacial score (nSPS) is 16.1. The van der Waals surface area contributed by atoms with E-state index in [4.69, 9.17) is 4.74 Å². The molecule has 14 heteroatoms. The second-order valence-corrected chi connectivity index (χ2v) is 15.2. The number of alkyl carbamates (subject to hydrolysis) is 1. The highest BCUT2D eigenvalue weighted by Crippen LogP contribution is 2.29. The number of nitrogens with zero attached hydrogens (tertiary/aromatic N) is 4. The number of aromatic nitrogens is 4. The molecular weight excluding hydrogens is 711 g/mol. The second-order valence-electron chi connectivity index (χ2n) is 15.2. The van der Waals surface area contributed by atoms with Crippen molar-refractivity contribution in [2.75, 3.05) is 38.0 Å². The topological polar surface area (TPSA) is 183 Å². The summed E-state index contributed by atoms with van der Waals surface area (Å²) in [5.74, 6) is -0.193. The summed E-state index contributed by atoms with van der Waals surface area (Å²) in [5.41, 5.74) is 4.01. The third-order valence-corrected chi connectivity index (χ3v) is 10.0. The van der Waals surface area contributed by atoms with Crippen LogP contribution in [0.25, 0.3) is 22.5 Å². The molecule has 4 aromatic rings. The minimum absolute atomic E-state index is 0.115.